The van der Waals surface area contributed by atoms with E-state index in [4.69, 9.17) is 16.7 Å². The van der Waals surface area contributed by atoms with Gasteiger partial charge in [0.2, 0.25) is 0 Å². The van der Waals surface area contributed by atoms with E-state index in [1.165, 1.54) is 11.3 Å². The van der Waals surface area contributed by atoms with E-state index in [0.29, 0.717) is 6.54 Å². The van der Waals surface area contributed by atoms with Crippen molar-refractivity contribution >= 4 is 28.9 Å². The first-order valence-corrected chi connectivity index (χ1v) is 5.42. The molecule has 0 saturated heterocycles. The SMILES string of the molecule is CN(CCC(=O)O)Cc1ccc(Cl)s1. The van der Waals surface area contributed by atoms with E-state index < -0.39 is 5.97 Å². The van der Waals surface area contributed by atoms with Gasteiger partial charge in [0, 0.05) is 18.0 Å². The normalized spacial score (nSPS) is 10.8. The minimum atomic E-state index is -0.763. The summed E-state index contributed by atoms with van der Waals surface area (Å²) in [6, 6.07) is 3.82. The monoisotopic (exact) mass is 233 g/mol. The molecule has 0 aliphatic heterocycles. The summed E-state index contributed by atoms with van der Waals surface area (Å²) in [6.45, 7) is 1.31. The van der Waals surface area contributed by atoms with Gasteiger partial charge >= 0.3 is 5.97 Å². The summed E-state index contributed by atoms with van der Waals surface area (Å²) < 4.78 is 0.770. The van der Waals surface area contributed by atoms with Gasteiger partial charge < -0.3 is 10.0 Å². The van der Waals surface area contributed by atoms with Crippen molar-refractivity contribution in [2.75, 3.05) is 13.6 Å². The molecule has 0 amide bonds. The van der Waals surface area contributed by atoms with Crippen LogP contribution in [0.3, 0.4) is 0 Å². The highest BCUT2D eigenvalue weighted by Crippen LogP contribution is 2.22. The molecule has 0 saturated carbocycles. The summed E-state index contributed by atoms with van der Waals surface area (Å²) >= 11 is 7.30. The molecule has 0 aromatic carbocycles. The Morgan fingerprint density at radius 2 is 2.36 bits per heavy atom. The molecule has 0 fully saturated rings. The minimum Gasteiger partial charge on any atom is -0.481 e. The number of nitrogens with zero attached hydrogens (tertiary/aromatic N) is 1. The molecule has 5 heteroatoms. The second-order valence-corrected chi connectivity index (χ2v) is 4.89. The Balaban J connectivity index is 2.33. The van der Waals surface area contributed by atoms with Crippen molar-refractivity contribution < 1.29 is 9.90 Å². The van der Waals surface area contributed by atoms with Gasteiger partial charge in [-0.3, -0.25) is 4.79 Å². The van der Waals surface area contributed by atoms with Gasteiger partial charge in [-0.25, -0.2) is 0 Å². The number of halogens is 1. The standard InChI is InChI=1S/C9H12ClNO2S/c1-11(5-4-9(12)13)6-7-2-3-8(10)14-7/h2-3H,4-6H2,1H3,(H,12,13). The number of thiophene rings is 1. The van der Waals surface area contributed by atoms with Crippen LogP contribution in [0.5, 0.6) is 0 Å². The number of carbonyl (C=O) groups is 1. The van der Waals surface area contributed by atoms with Crippen LogP contribution in [0, 0.1) is 0 Å². The Morgan fingerprint density at radius 1 is 1.64 bits per heavy atom. The van der Waals surface area contributed by atoms with Crippen LogP contribution >= 0.6 is 22.9 Å². The third-order valence-electron chi connectivity index (χ3n) is 1.76. The van der Waals surface area contributed by atoms with Crippen LogP contribution in [-0.2, 0) is 11.3 Å². The van der Waals surface area contributed by atoms with Crippen LogP contribution in [0.25, 0.3) is 0 Å². The van der Waals surface area contributed by atoms with Gasteiger partial charge in [0.05, 0.1) is 10.8 Å². The van der Waals surface area contributed by atoms with Crippen molar-refractivity contribution in [3.63, 3.8) is 0 Å². The Bertz CT molecular complexity index is 314. The zero-order valence-electron chi connectivity index (χ0n) is 7.86. The van der Waals surface area contributed by atoms with Crippen LogP contribution in [-0.4, -0.2) is 29.6 Å². The number of hydrogen-bond donors (Lipinski definition) is 1. The summed E-state index contributed by atoms with van der Waals surface area (Å²) in [7, 11) is 1.90. The van der Waals surface area contributed by atoms with Crippen molar-refractivity contribution in [1.82, 2.24) is 4.90 Å². The smallest absolute Gasteiger partial charge is 0.304 e. The first-order chi connectivity index (χ1) is 6.58. The molecule has 0 bridgehead atoms. The van der Waals surface area contributed by atoms with Gasteiger partial charge in [0.1, 0.15) is 0 Å². The average molecular weight is 234 g/mol. The second kappa shape index (κ2) is 5.34. The molecule has 14 heavy (non-hydrogen) atoms. The highest BCUT2D eigenvalue weighted by Gasteiger charge is 2.04. The predicted molar refractivity (Wildman–Crippen MR) is 57.9 cm³/mol. The first kappa shape index (κ1) is 11.5. The topological polar surface area (TPSA) is 40.5 Å². The Labute approximate surface area is 91.9 Å². The third kappa shape index (κ3) is 4.09. The second-order valence-electron chi connectivity index (χ2n) is 3.09. The zero-order valence-corrected chi connectivity index (χ0v) is 9.44. The number of hydrogen-bond acceptors (Lipinski definition) is 3. The molecule has 0 radical (unpaired) electrons. The zero-order chi connectivity index (χ0) is 10.6. The first-order valence-electron chi connectivity index (χ1n) is 4.22. The van der Waals surface area contributed by atoms with E-state index in [2.05, 4.69) is 0 Å². The maximum Gasteiger partial charge on any atom is 0.304 e. The van der Waals surface area contributed by atoms with Crippen LogP contribution in [0.1, 0.15) is 11.3 Å². The highest BCUT2D eigenvalue weighted by molar-refractivity contribution is 7.16. The molecule has 1 heterocycles. The molecule has 0 aliphatic rings. The molecule has 1 aromatic rings. The summed E-state index contributed by atoms with van der Waals surface area (Å²) in [6.07, 6.45) is 0.176. The largest absolute Gasteiger partial charge is 0.481 e. The maximum atomic E-state index is 10.3. The van der Waals surface area contributed by atoms with Crippen LogP contribution < -0.4 is 0 Å². The lowest BCUT2D eigenvalue weighted by Gasteiger charge is -2.13. The quantitative estimate of drug-likeness (QED) is 0.849. The molecule has 1 N–H and O–H groups in total. The molecule has 3 nitrogen and oxygen atoms in total. The predicted octanol–water partition coefficient (Wildman–Crippen LogP) is 2.31. The summed E-state index contributed by atoms with van der Waals surface area (Å²) in [5, 5.41) is 8.49. The van der Waals surface area contributed by atoms with Gasteiger partial charge in [0.15, 0.2) is 0 Å². The number of rotatable bonds is 5. The van der Waals surface area contributed by atoms with Crippen molar-refractivity contribution in [1.29, 1.82) is 0 Å². The summed E-state index contributed by atoms with van der Waals surface area (Å²) in [4.78, 5) is 13.4. The fraction of sp³-hybridized carbons (Fsp3) is 0.444. The Kier molecular flexibility index (Phi) is 4.38. The lowest BCUT2D eigenvalue weighted by atomic mass is 10.3. The van der Waals surface area contributed by atoms with E-state index >= 15 is 0 Å². The molecule has 1 rings (SSSR count). The molecule has 78 valence electrons. The van der Waals surface area contributed by atoms with Gasteiger partial charge in [-0.2, -0.15) is 0 Å². The lowest BCUT2D eigenvalue weighted by Crippen LogP contribution is -2.20. The summed E-state index contributed by atoms with van der Waals surface area (Å²) in [5.41, 5.74) is 0. The highest BCUT2D eigenvalue weighted by atomic mass is 35.5. The van der Waals surface area contributed by atoms with Gasteiger partial charge in [-0.1, -0.05) is 11.6 Å². The fourth-order valence-electron chi connectivity index (χ4n) is 1.07. The van der Waals surface area contributed by atoms with E-state index in [0.717, 1.165) is 15.8 Å². The van der Waals surface area contributed by atoms with Crippen LogP contribution in [0.15, 0.2) is 12.1 Å². The maximum absolute atomic E-state index is 10.3. The molecular weight excluding hydrogens is 222 g/mol. The Morgan fingerprint density at radius 3 is 2.86 bits per heavy atom. The molecule has 0 atom stereocenters. The molecule has 0 spiro atoms. The van der Waals surface area contributed by atoms with Gasteiger partial charge in [-0.15, -0.1) is 11.3 Å². The minimum absolute atomic E-state index is 0.176. The number of carboxylic acids is 1. The molecule has 0 unspecified atom stereocenters. The fourth-order valence-corrected chi connectivity index (χ4v) is 2.24. The van der Waals surface area contributed by atoms with E-state index in [1.807, 2.05) is 24.1 Å². The van der Waals surface area contributed by atoms with E-state index in [-0.39, 0.29) is 6.42 Å². The average Bonchev–Trinajstić information content (AvgIpc) is 2.48. The van der Waals surface area contributed by atoms with Crippen molar-refractivity contribution in [2.45, 2.75) is 13.0 Å². The number of carboxylic acid groups (broad SMARTS) is 1. The number of aliphatic carboxylic acids is 1. The molecule has 1 aromatic heterocycles. The summed E-state index contributed by atoms with van der Waals surface area (Å²) in [5.74, 6) is -0.763. The van der Waals surface area contributed by atoms with Crippen molar-refractivity contribution in [2.24, 2.45) is 0 Å². The van der Waals surface area contributed by atoms with E-state index in [1.54, 1.807) is 0 Å². The Hall–Kier alpha value is -0.580. The van der Waals surface area contributed by atoms with Crippen LogP contribution in [0.2, 0.25) is 4.34 Å². The van der Waals surface area contributed by atoms with Crippen LogP contribution in [0.4, 0.5) is 0 Å². The van der Waals surface area contributed by atoms with Crippen molar-refractivity contribution in [3.05, 3.63) is 21.3 Å². The molecular formula is C9H12ClNO2S. The van der Waals surface area contributed by atoms with Gasteiger partial charge in [-0.05, 0) is 19.2 Å². The van der Waals surface area contributed by atoms with E-state index in [9.17, 15) is 4.79 Å². The third-order valence-corrected chi connectivity index (χ3v) is 2.98. The van der Waals surface area contributed by atoms with Gasteiger partial charge in [0.25, 0.3) is 0 Å². The lowest BCUT2D eigenvalue weighted by molar-refractivity contribution is -0.137. The van der Waals surface area contributed by atoms with Crippen molar-refractivity contribution in [3.8, 4) is 0 Å². The molecule has 0 aliphatic carbocycles.